The van der Waals surface area contributed by atoms with Gasteiger partial charge in [-0.05, 0) is 51.1 Å². The highest BCUT2D eigenvalue weighted by Gasteiger charge is 2.35. The van der Waals surface area contributed by atoms with Crippen molar-refractivity contribution in [1.82, 2.24) is 29.5 Å². The van der Waals surface area contributed by atoms with E-state index in [1.165, 1.54) is 0 Å². The number of amides is 1. The number of nitrogens with zero attached hydrogens (tertiary/aromatic N) is 6. The molecule has 0 aromatic carbocycles. The number of hydrogen-bond acceptors (Lipinski definition) is 6. The van der Waals surface area contributed by atoms with Crippen LogP contribution in [0, 0.1) is 0 Å². The van der Waals surface area contributed by atoms with Crippen molar-refractivity contribution in [1.29, 1.82) is 0 Å². The highest BCUT2D eigenvalue weighted by Crippen LogP contribution is 2.42. The minimum Gasteiger partial charge on any atom is -0.463 e. The fourth-order valence-electron chi connectivity index (χ4n) is 3.86. The molecule has 4 heterocycles. The molecule has 5 rings (SSSR count). The lowest BCUT2D eigenvalue weighted by Crippen LogP contribution is -2.34. The van der Waals surface area contributed by atoms with Gasteiger partial charge in [0.1, 0.15) is 5.69 Å². The molecule has 0 N–H and O–H groups in total. The van der Waals surface area contributed by atoms with Crippen molar-refractivity contribution in [3.8, 4) is 17.4 Å². The largest absolute Gasteiger partial charge is 0.463 e. The summed E-state index contributed by atoms with van der Waals surface area (Å²) in [4.78, 5) is 26.6. The maximum Gasteiger partial charge on any atom is 0.257 e. The van der Waals surface area contributed by atoms with Gasteiger partial charge < -0.3 is 14.2 Å². The van der Waals surface area contributed by atoms with Crippen molar-refractivity contribution in [2.24, 2.45) is 0 Å². The molecule has 0 radical (unpaired) electrons. The van der Waals surface area contributed by atoms with E-state index in [1.54, 1.807) is 23.3 Å². The van der Waals surface area contributed by atoms with Crippen LogP contribution in [0.4, 0.5) is 0 Å². The summed E-state index contributed by atoms with van der Waals surface area (Å²) in [6.07, 6.45) is 8.12. The number of carbonyl (C=O) groups is 1. The number of hydrogen-bond donors (Lipinski definition) is 0. The topological polar surface area (TPSA) is 80.3 Å². The Bertz CT molecular complexity index is 1010. The molecule has 0 atom stereocenters. The zero-order chi connectivity index (χ0) is 19.8. The minimum absolute atomic E-state index is 0.0654. The average Bonchev–Trinajstić information content (AvgIpc) is 3.31. The maximum atomic E-state index is 13.3. The SMILES string of the molecule is CN1CCCN(C(=O)c2cnn(-c3nccc(-c4ccco4)n3)c2C2CC2)CC1. The molecule has 1 aliphatic carbocycles. The fraction of sp³-hybridized carbons (Fsp3) is 0.429. The van der Waals surface area contributed by atoms with E-state index >= 15 is 0 Å². The second kappa shape index (κ2) is 7.44. The first-order valence-electron chi connectivity index (χ1n) is 10.1. The maximum absolute atomic E-state index is 13.3. The third kappa shape index (κ3) is 3.55. The summed E-state index contributed by atoms with van der Waals surface area (Å²) >= 11 is 0. The summed E-state index contributed by atoms with van der Waals surface area (Å²) in [6, 6.07) is 5.50. The van der Waals surface area contributed by atoms with Crippen LogP contribution in [-0.2, 0) is 0 Å². The van der Waals surface area contributed by atoms with Crippen LogP contribution in [0.5, 0.6) is 0 Å². The van der Waals surface area contributed by atoms with E-state index in [1.807, 2.05) is 23.1 Å². The molecule has 0 spiro atoms. The van der Waals surface area contributed by atoms with Crippen molar-refractivity contribution in [3.63, 3.8) is 0 Å². The monoisotopic (exact) mass is 392 g/mol. The zero-order valence-electron chi connectivity index (χ0n) is 16.5. The zero-order valence-corrected chi connectivity index (χ0v) is 16.5. The molecule has 0 unspecified atom stereocenters. The Morgan fingerprint density at radius 3 is 2.86 bits per heavy atom. The Morgan fingerprint density at radius 2 is 2.07 bits per heavy atom. The number of aromatic nitrogens is 4. The molecular formula is C21H24N6O2. The molecule has 150 valence electrons. The third-order valence-electron chi connectivity index (χ3n) is 5.61. The fourth-order valence-corrected chi connectivity index (χ4v) is 3.86. The second-order valence-corrected chi connectivity index (χ2v) is 7.80. The quantitative estimate of drug-likeness (QED) is 0.679. The standard InChI is InChI=1S/C21H24N6O2/c1-25-9-3-10-26(12-11-25)20(28)16-14-23-27(19(16)15-5-6-15)21-22-8-7-17(24-21)18-4-2-13-29-18/h2,4,7-8,13-15H,3,5-6,9-12H2,1H3. The van der Waals surface area contributed by atoms with Crippen LogP contribution in [0.15, 0.2) is 41.3 Å². The summed E-state index contributed by atoms with van der Waals surface area (Å²) in [6.45, 7) is 3.44. The molecule has 1 saturated heterocycles. The van der Waals surface area contributed by atoms with Gasteiger partial charge in [0.05, 0.1) is 23.7 Å². The Balaban J connectivity index is 1.49. The third-order valence-corrected chi connectivity index (χ3v) is 5.61. The van der Waals surface area contributed by atoms with E-state index < -0.39 is 0 Å². The molecular weight excluding hydrogens is 368 g/mol. The second-order valence-electron chi connectivity index (χ2n) is 7.80. The lowest BCUT2D eigenvalue weighted by Gasteiger charge is -2.20. The van der Waals surface area contributed by atoms with E-state index in [2.05, 4.69) is 27.0 Å². The summed E-state index contributed by atoms with van der Waals surface area (Å²) < 4.78 is 7.20. The first-order chi connectivity index (χ1) is 14.2. The molecule has 1 saturated carbocycles. The molecule has 1 amide bonds. The van der Waals surface area contributed by atoms with Gasteiger partial charge >= 0.3 is 0 Å². The summed E-state index contributed by atoms with van der Waals surface area (Å²) in [5.74, 6) is 1.55. The van der Waals surface area contributed by atoms with Crippen molar-refractivity contribution in [3.05, 3.63) is 48.1 Å². The first-order valence-corrected chi connectivity index (χ1v) is 10.1. The highest BCUT2D eigenvalue weighted by atomic mass is 16.3. The van der Waals surface area contributed by atoms with Crippen LogP contribution in [0.1, 0.15) is 41.2 Å². The van der Waals surface area contributed by atoms with Crippen LogP contribution in [0.2, 0.25) is 0 Å². The Kier molecular flexibility index (Phi) is 4.63. The van der Waals surface area contributed by atoms with Gasteiger partial charge in [0.2, 0.25) is 0 Å². The summed E-state index contributed by atoms with van der Waals surface area (Å²) in [5, 5.41) is 4.53. The van der Waals surface area contributed by atoms with E-state index in [0.717, 1.165) is 51.1 Å². The smallest absolute Gasteiger partial charge is 0.257 e. The van der Waals surface area contributed by atoms with Crippen molar-refractivity contribution < 1.29 is 9.21 Å². The van der Waals surface area contributed by atoms with Crippen LogP contribution < -0.4 is 0 Å². The van der Waals surface area contributed by atoms with E-state index in [-0.39, 0.29) is 5.91 Å². The van der Waals surface area contributed by atoms with E-state index in [4.69, 9.17) is 4.42 Å². The molecule has 8 heteroatoms. The number of carbonyl (C=O) groups excluding carboxylic acids is 1. The minimum atomic E-state index is 0.0654. The van der Waals surface area contributed by atoms with Crippen molar-refractivity contribution >= 4 is 5.91 Å². The van der Waals surface area contributed by atoms with Gasteiger partial charge in [-0.1, -0.05) is 0 Å². The summed E-state index contributed by atoms with van der Waals surface area (Å²) in [7, 11) is 2.10. The average molecular weight is 392 g/mol. The van der Waals surface area contributed by atoms with Crippen LogP contribution in [0.25, 0.3) is 17.4 Å². The van der Waals surface area contributed by atoms with Gasteiger partial charge in [-0.25, -0.2) is 14.6 Å². The van der Waals surface area contributed by atoms with Gasteiger partial charge in [0, 0.05) is 31.7 Å². The van der Waals surface area contributed by atoms with Crippen molar-refractivity contribution in [2.45, 2.75) is 25.2 Å². The van der Waals surface area contributed by atoms with E-state index in [9.17, 15) is 4.79 Å². The number of likely N-dealkylation sites (N-methyl/N-ethyl adjacent to an activating group) is 1. The molecule has 1 aliphatic heterocycles. The highest BCUT2D eigenvalue weighted by molar-refractivity contribution is 5.95. The lowest BCUT2D eigenvalue weighted by molar-refractivity contribution is 0.0761. The Hall–Kier alpha value is -3.00. The number of rotatable bonds is 4. The van der Waals surface area contributed by atoms with Crippen LogP contribution in [-0.4, -0.2) is 68.7 Å². The lowest BCUT2D eigenvalue weighted by atomic mass is 10.1. The van der Waals surface area contributed by atoms with Crippen molar-refractivity contribution in [2.75, 3.05) is 33.2 Å². The predicted molar refractivity (Wildman–Crippen MR) is 107 cm³/mol. The van der Waals surface area contributed by atoms with Gasteiger partial charge in [0.15, 0.2) is 5.76 Å². The molecule has 29 heavy (non-hydrogen) atoms. The van der Waals surface area contributed by atoms with Gasteiger partial charge in [-0.3, -0.25) is 4.79 Å². The van der Waals surface area contributed by atoms with E-state index in [0.29, 0.717) is 28.9 Å². The molecule has 3 aromatic heterocycles. The summed E-state index contributed by atoms with van der Waals surface area (Å²) in [5.41, 5.74) is 2.31. The molecule has 2 aliphatic rings. The molecule has 8 nitrogen and oxygen atoms in total. The predicted octanol–water partition coefficient (Wildman–Crippen LogP) is 2.58. The van der Waals surface area contributed by atoms with Gasteiger partial charge in [-0.15, -0.1) is 0 Å². The molecule has 0 bridgehead atoms. The molecule has 3 aromatic rings. The normalized spacial score (nSPS) is 18.0. The Labute approximate surface area is 169 Å². The number of furan rings is 1. The Morgan fingerprint density at radius 1 is 1.17 bits per heavy atom. The van der Waals surface area contributed by atoms with Crippen LogP contribution >= 0.6 is 0 Å². The first kappa shape index (κ1) is 18.1. The molecule has 2 fully saturated rings. The van der Waals surface area contributed by atoms with Gasteiger partial charge in [0.25, 0.3) is 11.9 Å². The van der Waals surface area contributed by atoms with Gasteiger partial charge in [-0.2, -0.15) is 5.10 Å². The van der Waals surface area contributed by atoms with Crippen LogP contribution in [0.3, 0.4) is 0 Å².